The maximum absolute atomic E-state index is 11.8. The van der Waals surface area contributed by atoms with Crippen LogP contribution in [0.3, 0.4) is 0 Å². The summed E-state index contributed by atoms with van der Waals surface area (Å²) in [4.78, 5) is 0. The SMILES string of the molecule is NC(=S)NN=Cc1ccc(OCCCF)cc1. The minimum absolute atomic E-state index is 0.118. The van der Waals surface area contributed by atoms with Crippen LogP contribution in [0.2, 0.25) is 0 Å². The Balaban J connectivity index is 2.44. The van der Waals surface area contributed by atoms with Crippen molar-refractivity contribution in [2.24, 2.45) is 10.8 Å². The van der Waals surface area contributed by atoms with Gasteiger partial charge < -0.3 is 10.5 Å². The van der Waals surface area contributed by atoms with Crippen molar-refractivity contribution in [3.05, 3.63) is 29.8 Å². The van der Waals surface area contributed by atoms with Gasteiger partial charge in [-0.15, -0.1) is 0 Å². The third-order valence-corrected chi connectivity index (χ3v) is 1.91. The zero-order chi connectivity index (χ0) is 12.5. The highest BCUT2D eigenvalue weighted by Gasteiger charge is 1.94. The van der Waals surface area contributed by atoms with Gasteiger partial charge in [-0.3, -0.25) is 9.82 Å². The van der Waals surface area contributed by atoms with Crippen LogP contribution in [0.1, 0.15) is 12.0 Å². The molecule has 4 nitrogen and oxygen atoms in total. The molecule has 0 unspecified atom stereocenters. The minimum atomic E-state index is -0.366. The molecule has 1 rings (SSSR count). The number of nitrogens with zero attached hydrogens (tertiary/aromatic N) is 1. The van der Waals surface area contributed by atoms with Crippen molar-refractivity contribution in [3.63, 3.8) is 0 Å². The number of ether oxygens (including phenoxy) is 1. The molecule has 6 heteroatoms. The van der Waals surface area contributed by atoms with E-state index >= 15 is 0 Å². The maximum Gasteiger partial charge on any atom is 0.184 e. The molecule has 0 saturated carbocycles. The van der Waals surface area contributed by atoms with Gasteiger partial charge in [0.1, 0.15) is 5.75 Å². The van der Waals surface area contributed by atoms with Gasteiger partial charge in [-0.1, -0.05) is 0 Å². The van der Waals surface area contributed by atoms with Crippen molar-refractivity contribution in [3.8, 4) is 5.75 Å². The van der Waals surface area contributed by atoms with Gasteiger partial charge in [-0.25, -0.2) is 0 Å². The molecule has 0 radical (unpaired) electrons. The number of hydrogen-bond donors (Lipinski definition) is 2. The third kappa shape index (κ3) is 5.82. The Kier molecular flexibility index (Phi) is 5.95. The van der Waals surface area contributed by atoms with Gasteiger partial charge in [-0.2, -0.15) is 5.10 Å². The predicted molar refractivity (Wildman–Crippen MR) is 70.0 cm³/mol. The van der Waals surface area contributed by atoms with E-state index in [1.165, 1.54) is 0 Å². The number of thiocarbonyl (C=S) groups is 1. The van der Waals surface area contributed by atoms with Crippen molar-refractivity contribution < 1.29 is 9.13 Å². The molecular formula is C11H14FN3OS. The number of halogens is 1. The fraction of sp³-hybridized carbons (Fsp3) is 0.273. The van der Waals surface area contributed by atoms with Crippen LogP contribution in [-0.4, -0.2) is 24.6 Å². The standard InChI is InChI=1S/C11H14FN3OS/c12-6-1-7-16-10-4-2-9(3-5-10)8-14-15-11(13)17/h2-5,8H,1,6-7H2,(H3,13,15,17). The summed E-state index contributed by atoms with van der Waals surface area (Å²) in [5, 5.41) is 3.93. The Labute approximate surface area is 105 Å². The summed E-state index contributed by atoms with van der Waals surface area (Å²) in [6.07, 6.45) is 1.99. The Morgan fingerprint density at radius 3 is 2.76 bits per heavy atom. The van der Waals surface area contributed by atoms with Crippen LogP contribution in [0.15, 0.2) is 29.4 Å². The first-order chi connectivity index (χ1) is 8.22. The zero-order valence-electron chi connectivity index (χ0n) is 9.23. The summed E-state index contributed by atoms with van der Waals surface area (Å²) >= 11 is 4.59. The second-order valence-corrected chi connectivity index (χ2v) is 3.63. The summed E-state index contributed by atoms with van der Waals surface area (Å²) in [5.74, 6) is 0.706. The van der Waals surface area contributed by atoms with Crippen LogP contribution in [0.5, 0.6) is 5.75 Å². The Morgan fingerprint density at radius 2 is 2.18 bits per heavy atom. The number of alkyl halides is 1. The van der Waals surface area contributed by atoms with Crippen molar-refractivity contribution in [2.45, 2.75) is 6.42 Å². The smallest absolute Gasteiger partial charge is 0.184 e. The number of rotatable bonds is 6. The van der Waals surface area contributed by atoms with E-state index in [0.29, 0.717) is 18.8 Å². The molecule has 3 N–H and O–H groups in total. The molecule has 0 atom stereocenters. The van der Waals surface area contributed by atoms with Gasteiger partial charge in [0.15, 0.2) is 5.11 Å². The van der Waals surface area contributed by atoms with Crippen LogP contribution in [0.25, 0.3) is 0 Å². The molecule has 0 spiro atoms. The first-order valence-electron chi connectivity index (χ1n) is 5.09. The molecule has 0 saturated heterocycles. The fourth-order valence-electron chi connectivity index (χ4n) is 1.07. The average Bonchev–Trinajstić information content (AvgIpc) is 2.31. The maximum atomic E-state index is 11.8. The molecule has 0 amide bonds. The Bertz CT molecular complexity index is 381. The topological polar surface area (TPSA) is 59.6 Å². The molecule has 0 fully saturated rings. The van der Waals surface area contributed by atoms with E-state index in [1.807, 2.05) is 12.1 Å². The second-order valence-electron chi connectivity index (χ2n) is 3.19. The quantitative estimate of drug-likeness (QED) is 0.351. The van der Waals surface area contributed by atoms with Crippen LogP contribution >= 0.6 is 12.2 Å². The lowest BCUT2D eigenvalue weighted by Crippen LogP contribution is -2.23. The van der Waals surface area contributed by atoms with E-state index in [2.05, 4.69) is 22.7 Å². The van der Waals surface area contributed by atoms with E-state index in [0.717, 1.165) is 5.56 Å². The number of nitrogens with one attached hydrogen (secondary N) is 1. The molecule has 92 valence electrons. The molecule has 0 aliphatic carbocycles. The first-order valence-corrected chi connectivity index (χ1v) is 5.50. The van der Waals surface area contributed by atoms with Gasteiger partial charge in [0.2, 0.25) is 0 Å². The summed E-state index contributed by atoms with van der Waals surface area (Å²) in [6.45, 7) is 0.0162. The van der Waals surface area contributed by atoms with Gasteiger partial charge >= 0.3 is 0 Å². The normalized spacial score (nSPS) is 10.4. The van der Waals surface area contributed by atoms with Gasteiger partial charge in [-0.05, 0) is 42.0 Å². The van der Waals surface area contributed by atoms with Crippen LogP contribution in [-0.2, 0) is 0 Å². The number of hydrogen-bond acceptors (Lipinski definition) is 3. The molecule has 0 aliphatic rings. The lowest BCUT2D eigenvalue weighted by atomic mass is 10.2. The second kappa shape index (κ2) is 7.56. The predicted octanol–water partition coefficient (Wildman–Crippen LogP) is 1.59. The van der Waals surface area contributed by atoms with Crippen LogP contribution < -0.4 is 15.9 Å². The summed E-state index contributed by atoms with van der Waals surface area (Å²) < 4.78 is 17.1. The molecule has 0 heterocycles. The van der Waals surface area contributed by atoms with E-state index in [1.54, 1.807) is 18.3 Å². The van der Waals surface area contributed by atoms with Gasteiger partial charge in [0.05, 0.1) is 19.5 Å². The number of hydrazone groups is 1. The number of benzene rings is 1. The summed E-state index contributed by atoms with van der Waals surface area (Å²) in [5.41, 5.74) is 8.54. The van der Waals surface area contributed by atoms with Crippen molar-refractivity contribution in [1.82, 2.24) is 5.43 Å². The van der Waals surface area contributed by atoms with Crippen LogP contribution in [0, 0.1) is 0 Å². The van der Waals surface area contributed by atoms with E-state index in [4.69, 9.17) is 10.5 Å². The molecule has 0 aliphatic heterocycles. The molecule has 0 aromatic heterocycles. The summed E-state index contributed by atoms with van der Waals surface area (Å²) in [6, 6.07) is 7.24. The molecule has 17 heavy (non-hydrogen) atoms. The van der Waals surface area contributed by atoms with E-state index in [-0.39, 0.29) is 11.8 Å². The Morgan fingerprint density at radius 1 is 1.47 bits per heavy atom. The van der Waals surface area contributed by atoms with E-state index in [9.17, 15) is 4.39 Å². The van der Waals surface area contributed by atoms with E-state index < -0.39 is 0 Å². The van der Waals surface area contributed by atoms with Gasteiger partial charge in [0.25, 0.3) is 0 Å². The molecule has 1 aromatic rings. The lowest BCUT2D eigenvalue weighted by Gasteiger charge is -2.04. The fourth-order valence-corrected chi connectivity index (χ4v) is 1.12. The largest absolute Gasteiger partial charge is 0.493 e. The monoisotopic (exact) mass is 255 g/mol. The van der Waals surface area contributed by atoms with Crippen molar-refractivity contribution in [1.29, 1.82) is 0 Å². The first kappa shape index (κ1) is 13.4. The summed E-state index contributed by atoms with van der Waals surface area (Å²) in [7, 11) is 0. The highest BCUT2D eigenvalue weighted by molar-refractivity contribution is 7.80. The Hall–Kier alpha value is -1.69. The molecule has 0 bridgehead atoms. The molecular weight excluding hydrogens is 241 g/mol. The number of nitrogens with two attached hydrogens (primary N) is 1. The lowest BCUT2D eigenvalue weighted by molar-refractivity contribution is 0.289. The highest BCUT2D eigenvalue weighted by Crippen LogP contribution is 2.11. The zero-order valence-corrected chi connectivity index (χ0v) is 10.0. The van der Waals surface area contributed by atoms with Crippen molar-refractivity contribution in [2.75, 3.05) is 13.3 Å². The van der Waals surface area contributed by atoms with Crippen LogP contribution in [0.4, 0.5) is 4.39 Å². The third-order valence-electron chi connectivity index (χ3n) is 1.82. The van der Waals surface area contributed by atoms with Gasteiger partial charge in [0, 0.05) is 6.42 Å². The molecule has 1 aromatic carbocycles. The van der Waals surface area contributed by atoms with Crippen molar-refractivity contribution >= 4 is 23.5 Å². The minimum Gasteiger partial charge on any atom is -0.493 e. The average molecular weight is 255 g/mol. The highest BCUT2D eigenvalue weighted by atomic mass is 32.1.